The van der Waals surface area contributed by atoms with Crippen LogP contribution in [-0.4, -0.2) is 29.7 Å². The third kappa shape index (κ3) is 5.33. The Balaban J connectivity index is 1.87. The van der Waals surface area contributed by atoms with Crippen LogP contribution in [0.25, 0.3) is 11.3 Å². The van der Waals surface area contributed by atoms with Crippen LogP contribution in [-0.2, 0) is 4.74 Å². The minimum absolute atomic E-state index is 0.157. The summed E-state index contributed by atoms with van der Waals surface area (Å²) < 4.78 is 5.50. The Hall–Kier alpha value is -2.14. The molecule has 5 nitrogen and oxygen atoms in total. The Bertz CT molecular complexity index is 611. The van der Waals surface area contributed by atoms with Crippen LogP contribution < -0.4 is 10.9 Å². The van der Waals surface area contributed by atoms with Crippen molar-refractivity contribution in [2.45, 2.75) is 26.2 Å². The molecule has 0 atom stereocenters. The number of hydrogen-bond donors (Lipinski definition) is 2. The van der Waals surface area contributed by atoms with Crippen LogP contribution >= 0.6 is 0 Å². The summed E-state index contributed by atoms with van der Waals surface area (Å²) >= 11 is 0. The molecule has 0 aliphatic carbocycles. The average molecular weight is 301 g/mol. The lowest BCUT2D eigenvalue weighted by molar-refractivity contribution is 0.131. The Morgan fingerprint density at radius 2 is 1.95 bits per heavy atom. The second kappa shape index (κ2) is 9.00. The SMILES string of the molecule is CCCCOCCCNc1nc(-c2ccccc2)cc(=O)[nH]1. The minimum atomic E-state index is -0.157. The van der Waals surface area contributed by atoms with Gasteiger partial charge in [-0.05, 0) is 12.8 Å². The Morgan fingerprint density at radius 3 is 2.73 bits per heavy atom. The van der Waals surface area contributed by atoms with Crippen LogP contribution in [0.2, 0.25) is 0 Å². The van der Waals surface area contributed by atoms with Crippen LogP contribution in [0.5, 0.6) is 0 Å². The van der Waals surface area contributed by atoms with E-state index in [2.05, 4.69) is 22.2 Å². The van der Waals surface area contributed by atoms with Gasteiger partial charge in [-0.1, -0.05) is 43.7 Å². The zero-order chi connectivity index (χ0) is 15.6. The lowest BCUT2D eigenvalue weighted by Crippen LogP contribution is -2.14. The highest BCUT2D eigenvalue weighted by atomic mass is 16.5. The summed E-state index contributed by atoms with van der Waals surface area (Å²) in [7, 11) is 0. The normalized spacial score (nSPS) is 10.6. The van der Waals surface area contributed by atoms with Crippen molar-refractivity contribution >= 4 is 5.95 Å². The average Bonchev–Trinajstić information content (AvgIpc) is 2.54. The van der Waals surface area contributed by atoms with E-state index in [1.807, 2.05) is 30.3 Å². The largest absolute Gasteiger partial charge is 0.381 e. The van der Waals surface area contributed by atoms with Gasteiger partial charge in [0.05, 0.1) is 5.69 Å². The summed E-state index contributed by atoms with van der Waals surface area (Å²) in [5.74, 6) is 0.500. The molecule has 1 aromatic carbocycles. The fourth-order valence-electron chi connectivity index (χ4n) is 2.03. The molecule has 0 unspecified atom stereocenters. The molecule has 118 valence electrons. The van der Waals surface area contributed by atoms with Gasteiger partial charge in [0.25, 0.3) is 5.56 Å². The van der Waals surface area contributed by atoms with Crippen molar-refractivity contribution < 1.29 is 4.74 Å². The highest BCUT2D eigenvalue weighted by Crippen LogP contribution is 2.15. The van der Waals surface area contributed by atoms with E-state index in [-0.39, 0.29) is 5.56 Å². The monoisotopic (exact) mass is 301 g/mol. The predicted molar refractivity (Wildman–Crippen MR) is 89.1 cm³/mol. The van der Waals surface area contributed by atoms with Crippen molar-refractivity contribution in [2.24, 2.45) is 0 Å². The van der Waals surface area contributed by atoms with E-state index in [0.717, 1.165) is 38.0 Å². The van der Waals surface area contributed by atoms with E-state index in [0.29, 0.717) is 18.2 Å². The second-order valence-corrected chi connectivity index (χ2v) is 5.09. The van der Waals surface area contributed by atoms with E-state index in [9.17, 15) is 4.79 Å². The number of hydrogen-bond acceptors (Lipinski definition) is 4. The summed E-state index contributed by atoms with van der Waals surface area (Å²) in [4.78, 5) is 18.9. The van der Waals surface area contributed by atoms with Crippen LogP contribution in [0.3, 0.4) is 0 Å². The summed E-state index contributed by atoms with van der Waals surface area (Å²) in [6, 6.07) is 11.2. The maximum absolute atomic E-state index is 11.7. The van der Waals surface area contributed by atoms with Crippen molar-refractivity contribution in [1.29, 1.82) is 0 Å². The van der Waals surface area contributed by atoms with E-state index < -0.39 is 0 Å². The first-order valence-electron chi connectivity index (χ1n) is 7.78. The lowest BCUT2D eigenvalue weighted by Gasteiger charge is -2.07. The van der Waals surface area contributed by atoms with Gasteiger partial charge < -0.3 is 10.1 Å². The zero-order valence-electron chi connectivity index (χ0n) is 13.0. The molecular weight excluding hydrogens is 278 g/mol. The van der Waals surface area contributed by atoms with E-state index in [4.69, 9.17) is 4.74 Å². The molecule has 0 aliphatic rings. The van der Waals surface area contributed by atoms with Gasteiger partial charge in [-0.15, -0.1) is 0 Å². The van der Waals surface area contributed by atoms with Gasteiger partial charge in [0.2, 0.25) is 5.95 Å². The van der Waals surface area contributed by atoms with Crippen molar-refractivity contribution in [1.82, 2.24) is 9.97 Å². The molecule has 0 fully saturated rings. The van der Waals surface area contributed by atoms with Crippen LogP contribution in [0, 0.1) is 0 Å². The summed E-state index contributed by atoms with van der Waals surface area (Å²) in [6.45, 7) is 4.39. The Kier molecular flexibility index (Phi) is 6.64. The maximum atomic E-state index is 11.7. The first-order valence-corrected chi connectivity index (χ1v) is 7.78. The number of aromatic nitrogens is 2. The molecule has 0 aliphatic heterocycles. The molecule has 0 radical (unpaired) electrons. The van der Waals surface area contributed by atoms with E-state index in [1.54, 1.807) is 0 Å². The van der Waals surface area contributed by atoms with Crippen LogP contribution in [0.1, 0.15) is 26.2 Å². The first-order chi connectivity index (χ1) is 10.8. The van der Waals surface area contributed by atoms with Gasteiger partial charge in [0.15, 0.2) is 0 Å². The summed E-state index contributed by atoms with van der Waals surface area (Å²) in [5, 5.41) is 3.14. The molecular formula is C17H23N3O2. The van der Waals surface area contributed by atoms with Crippen molar-refractivity contribution in [3.8, 4) is 11.3 Å². The maximum Gasteiger partial charge on any atom is 0.252 e. The van der Waals surface area contributed by atoms with Crippen molar-refractivity contribution in [2.75, 3.05) is 25.1 Å². The predicted octanol–water partition coefficient (Wildman–Crippen LogP) is 3.06. The standard InChI is InChI=1S/C17H23N3O2/c1-2-3-11-22-12-7-10-18-17-19-15(13-16(21)20-17)14-8-5-4-6-9-14/h4-6,8-9,13H,2-3,7,10-12H2,1H3,(H2,18,19,20,21). The Labute approximate surface area is 130 Å². The number of ether oxygens (including phenoxy) is 1. The van der Waals surface area contributed by atoms with Crippen molar-refractivity contribution in [3.05, 3.63) is 46.8 Å². The molecule has 0 saturated carbocycles. The lowest BCUT2D eigenvalue weighted by atomic mass is 10.1. The molecule has 1 aromatic heterocycles. The second-order valence-electron chi connectivity index (χ2n) is 5.09. The molecule has 0 amide bonds. The summed E-state index contributed by atoms with van der Waals surface area (Å²) in [5.41, 5.74) is 1.45. The summed E-state index contributed by atoms with van der Waals surface area (Å²) in [6.07, 6.45) is 3.13. The molecule has 0 spiro atoms. The highest BCUT2D eigenvalue weighted by molar-refractivity contribution is 5.59. The number of unbranched alkanes of at least 4 members (excludes halogenated alkanes) is 1. The van der Waals surface area contributed by atoms with Gasteiger partial charge in [-0.25, -0.2) is 4.98 Å². The minimum Gasteiger partial charge on any atom is -0.381 e. The molecule has 1 heterocycles. The quantitative estimate of drug-likeness (QED) is 0.699. The van der Waals surface area contributed by atoms with E-state index in [1.165, 1.54) is 6.07 Å². The molecule has 0 bridgehead atoms. The molecule has 2 rings (SSSR count). The topological polar surface area (TPSA) is 67.0 Å². The number of H-pyrrole nitrogens is 1. The number of anilines is 1. The molecule has 22 heavy (non-hydrogen) atoms. The van der Waals surface area contributed by atoms with Gasteiger partial charge in [-0.2, -0.15) is 0 Å². The zero-order valence-corrected chi connectivity index (χ0v) is 13.0. The van der Waals surface area contributed by atoms with Gasteiger partial charge in [0, 0.05) is 31.4 Å². The first kappa shape index (κ1) is 16.2. The fourth-order valence-corrected chi connectivity index (χ4v) is 2.03. The fraction of sp³-hybridized carbons (Fsp3) is 0.412. The van der Waals surface area contributed by atoms with Gasteiger partial charge in [-0.3, -0.25) is 9.78 Å². The third-order valence-electron chi connectivity index (χ3n) is 3.21. The van der Waals surface area contributed by atoms with E-state index >= 15 is 0 Å². The molecule has 5 heteroatoms. The van der Waals surface area contributed by atoms with Crippen LogP contribution in [0.4, 0.5) is 5.95 Å². The number of benzene rings is 1. The number of aromatic amines is 1. The highest BCUT2D eigenvalue weighted by Gasteiger charge is 2.03. The third-order valence-corrected chi connectivity index (χ3v) is 3.21. The molecule has 2 N–H and O–H groups in total. The van der Waals surface area contributed by atoms with Crippen molar-refractivity contribution in [3.63, 3.8) is 0 Å². The van der Waals surface area contributed by atoms with Gasteiger partial charge >= 0.3 is 0 Å². The number of nitrogens with one attached hydrogen (secondary N) is 2. The molecule has 2 aromatic rings. The molecule has 0 saturated heterocycles. The number of nitrogens with zero attached hydrogens (tertiary/aromatic N) is 1. The van der Waals surface area contributed by atoms with Gasteiger partial charge in [0.1, 0.15) is 0 Å². The van der Waals surface area contributed by atoms with Crippen LogP contribution in [0.15, 0.2) is 41.2 Å². The number of rotatable bonds is 9. The Morgan fingerprint density at radius 1 is 1.18 bits per heavy atom. The smallest absolute Gasteiger partial charge is 0.252 e.